The minimum absolute atomic E-state index is 0.0971. The summed E-state index contributed by atoms with van der Waals surface area (Å²) < 4.78 is 5.34. The molecule has 2 aromatic rings. The topological polar surface area (TPSA) is 97.2 Å². The number of carboxylic acids is 1. The van der Waals surface area contributed by atoms with E-state index in [0.717, 1.165) is 22.3 Å². The van der Waals surface area contributed by atoms with Crippen molar-refractivity contribution in [2.45, 2.75) is 18.9 Å². The number of fused-ring (bicyclic) bond motifs is 3. The lowest BCUT2D eigenvalue weighted by Crippen LogP contribution is -2.46. The fraction of sp³-hybridized carbons (Fsp3) is 0.250. The zero-order chi connectivity index (χ0) is 19.4. The number of nitrogens with one attached hydrogen (secondary N) is 1. The zero-order valence-electron chi connectivity index (χ0n) is 15.0. The highest BCUT2D eigenvalue weighted by molar-refractivity contribution is 6.06. The number of ether oxygens (including phenoxy) is 1. The average Bonchev–Trinajstić information content (AvgIpc) is 2.98. The number of hydrogen-bond donors (Lipinski definition) is 2. The summed E-state index contributed by atoms with van der Waals surface area (Å²) in [5.41, 5.74) is 4.51. The molecular weight excluding hydrogens is 348 g/mol. The van der Waals surface area contributed by atoms with Gasteiger partial charge in [-0.3, -0.25) is 0 Å². The first kappa shape index (κ1) is 18.4. The SMILES string of the molecule is CO/N=C(\C)[C@H](NC(=O)OCC1c2ccccc2-c2ccccc21)C(=O)O. The van der Waals surface area contributed by atoms with Crippen molar-refractivity contribution in [3.8, 4) is 11.1 Å². The number of amides is 1. The van der Waals surface area contributed by atoms with Crippen LogP contribution in [0.1, 0.15) is 24.0 Å². The molecule has 0 spiro atoms. The summed E-state index contributed by atoms with van der Waals surface area (Å²) in [6.45, 7) is 1.55. The van der Waals surface area contributed by atoms with Crippen LogP contribution in [0.3, 0.4) is 0 Å². The molecule has 7 nitrogen and oxygen atoms in total. The summed E-state index contributed by atoms with van der Waals surface area (Å²) in [4.78, 5) is 28.1. The quantitative estimate of drug-likeness (QED) is 0.603. The molecule has 0 radical (unpaired) electrons. The molecule has 0 bridgehead atoms. The summed E-state index contributed by atoms with van der Waals surface area (Å²) >= 11 is 0. The first-order valence-corrected chi connectivity index (χ1v) is 8.45. The third-order valence-corrected chi connectivity index (χ3v) is 4.51. The fourth-order valence-electron chi connectivity index (χ4n) is 3.30. The van der Waals surface area contributed by atoms with Gasteiger partial charge in [-0.25, -0.2) is 9.59 Å². The van der Waals surface area contributed by atoms with Crippen molar-refractivity contribution in [2.75, 3.05) is 13.7 Å². The third kappa shape index (κ3) is 3.76. The molecule has 2 aromatic carbocycles. The number of rotatable bonds is 6. The maximum Gasteiger partial charge on any atom is 0.408 e. The highest BCUT2D eigenvalue weighted by Gasteiger charge is 2.30. The summed E-state index contributed by atoms with van der Waals surface area (Å²) in [6.07, 6.45) is -0.824. The Morgan fingerprint density at radius 3 is 2.19 bits per heavy atom. The number of carboxylic acid groups (broad SMARTS) is 1. The van der Waals surface area contributed by atoms with Crippen molar-refractivity contribution >= 4 is 17.8 Å². The highest BCUT2D eigenvalue weighted by atomic mass is 16.6. The van der Waals surface area contributed by atoms with Crippen LogP contribution in [0.5, 0.6) is 0 Å². The lowest BCUT2D eigenvalue weighted by molar-refractivity contribution is -0.137. The molecule has 3 rings (SSSR count). The van der Waals surface area contributed by atoms with Gasteiger partial charge in [0.25, 0.3) is 0 Å². The second-order valence-corrected chi connectivity index (χ2v) is 6.16. The van der Waals surface area contributed by atoms with E-state index in [1.807, 2.05) is 48.5 Å². The van der Waals surface area contributed by atoms with E-state index in [1.165, 1.54) is 14.0 Å². The number of alkyl carbamates (subject to hydrolysis) is 1. The molecule has 1 amide bonds. The van der Waals surface area contributed by atoms with Crippen molar-refractivity contribution in [1.82, 2.24) is 5.32 Å². The summed E-state index contributed by atoms with van der Waals surface area (Å²) in [7, 11) is 1.30. The lowest BCUT2D eigenvalue weighted by Gasteiger charge is -2.17. The van der Waals surface area contributed by atoms with Gasteiger partial charge in [-0.05, 0) is 29.2 Å². The smallest absolute Gasteiger partial charge is 0.408 e. The maximum atomic E-state index is 12.2. The molecule has 0 aromatic heterocycles. The van der Waals surface area contributed by atoms with Gasteiger partial charge in [-0.2, -0.15) is 0 Å². The molecule has 1 aliphatic carbocycles. The van der Waals surface area contributed by atoms with Crippen molar-refractivity contribution in [3.05, 3.63) is 59.7 Å². The molecule has 0 saturated heterocycles. The van der Waals surface area contributed by atoms with E-state index in [2.05, 4.69) is 15.3 Å². The van der Waals surface area contributed by atoms with Gasteiger partial charge < -0.3 is 20.0 Å². The highest BCUT2D eigenvalue weighted by Crippen LogP contribution is 2.44. The van der Waals surface area contributed by atoms with Gasteiger partial charge in [0, 0.05) is 5.92 Å². The third-order valence-electron chi connectivity index (χ3n) is 4.51. The predicted octanol–water partition coefficient (Wildman–Crippen LogP) is 3.00. The molecular formula is C20H20N2O5. The lowest BCUT2D eigenvalue weighted by atomic mass is 9.98. The Morgan fingerprint density at radius 1 is 1.11 bits per heavy atom. The van der Waals surface area contributed by atoms with Crippen LogP contribution in [0.2, 0.25) is 0 Å². The van der Waals surface area contributed by atoms with E-state index in [-0.39, 0.29) is 18.2 Å². The van der Waals surface area contributed by atoms with Crippen LogP contribution >= 0.6 is 0 Å². The number of aliphatic carboxylic acids is 1. The Labute approximate surface area is 156 Å². The molecule has 27 heavy (non-hydrogen) atoms. The van der Waals surface area contributed by atoms with E-state index in [0.29, 0.717) is 0 Å². The van der Waals surface area contributed by atoms with Crippen molar-refractivity contribution in [2.24, 2.45) is 5.16 Å². The van der Waals surface area contributed by atoms with Crippen LogP contribution in [0.15, 0.2) is 53.7 Å². The molecule has 1 atom stereocenters. The number of hydrogen-bond acceptors (Lipinski definition) is 5. The number of carbonyl (C=O) groups is 2. The fourth-order valence-corrected chi connectivity index (χ4v) is 3.30. The molecule has 0 heterocycles. The first-order valence-electron chi connectivity index (χ1n) is 8.45. The van der Waals surface area contributed by atoms with Crippen LogP contribution in [0, 0.1) is 0 Å². The Balaban J connectivity index is 1.72. The van der Waals surface area contributed by atoms with Gasteiger partial charge in [0.2, 0.25) is 0 Å². The van der Waals surface area contributed by atoms with Crippen molar-refractivity contribution in [3.63, 3.8) is 0 Å². The molecule has 7 heteroatoms. The molecule has 0 unspecified atom stereocenters. The molecule has 0 fully saturated rings. The number of nitrogens with zero attached hydrogens (tertiary/aromatic N) is 1. The zero-order valence-corrected chi connectivity index (χ0v) is 15.0. The largest absolute Gasteiger partial charge is 0.479 e. The second kappa shape index (κ2) is 7.90. The van der Waals surface area contributed by atoms with Crippen molar-refractivity contribution < 1.29 is 24.3 Å². The van der Waals surface area contributed by atoms with Gasteiger partial charge in [0.1, 0.15) is 13.7 Å². The van der Waals surface area contributed by atoms with E-state index in [4.69, 9.17) is 4.74 Å². The van der Waals surface area contributed by atoms with Crippen LogP contribution in [-0.4, -0.2) is 42.6 Å². The summed E-state index contributed by atoms with van der Waals surface area (Å²) in [5.74, 6) is -1.35. The minimum atomic E-state index is -1.32. The van der Waals surface area contributed by atoms with Crippen LogP contribution < -0.4 is 5.32 Å². The van der Waals surface area contributed by atoms with E-state index in [1.54, 1.807) is 0 Å². The number of benzene rings is 2. The summed E-state index contributed by atoms with van der Waals surface area (Å²) in [6, 6.07) is 14.6. The molecule has 2 N–H and O–H groups in total. The van der Waals surface area contributed by atoms with Gasteiger partial charge in [0.15, 0.2) is 6.04 Å². The average molecular weight is 368 g/mol. The number of oxime groups is 1. The standard InChI is InChI=1S/C20H20N2O5/c1-12(22-26-2)18(19(23)24)21-20(25)27-11-17-15-9-5-3-7-13(15)14-8-4-6-10-16(14)17/h3-10,17-18H,11H2,1-2H3,(H,21,25)(H,23,24)/b22-12+/t18-/m0/s1. The predicted molar refractivity (Wildman–Crippen MR) is 99.7 cm³/mol. The molecule has 0 saturated carbocycles. The van der Waals surface area contributed by atoms with Gasteiger partial charge in [-0.1, -0.05) is 53.7 Å². The van der Waals surface area contributed by atoms with E-state index in [9.17, 15) is 14.7 Å². The Hall–Kier alpha value is -3.35. The van der Waals surface area contributed by atoms with Crippen LogP contribution in [-0.2, 0) is 14.4 Å². The molecule has 140 valence electrons. The minimum Gasteiger partial charge on any atom is -0.479 e. The van der Waals surface area contributed by atoms with Crippen molar-refractivity contribution in [1.29, 1.82) is 0 Å². The van der Waals surface area contributed by atoms with E-state index >= 15 is 0 Å². The van der Waals surface area contributed by atoms with E-state index < -0.39 is 18.1 Å². The number of carbonyl (C=O) groups excluding carboxylic acids is 1. The Kier molecular flexibility index (Phi) is 5.40. The second-order valence-electron chi connectivity index (χ2n) is 6.16. The van der Waals surface area contributed by atoms with Gasteiger partial charge in [0.05, 0.1) is 5.71 Å². The normalized spacial score (nSPS) is 14.1. The maximum absolute atomic E-state index is 12.2. The first-order chi connectivity index (χ1) is 13.0. The summed E-state index contributed by atoms with van der Waals surface area (Å²) in [5, 5.41) is 15.1. The van der Waals surface area contributed by atoms with Gasteiger partial charge >= 0.3 is 12.1 Å². The van der Waals surface area contributed by atoms with Crippen LogP contribution in [0.4, 0.5) is 4.79 Å². The monoisotopic (exact) mass is 368 g/mol. The molecule has 0 aliphatic heterocycles. The van der Waals surface area contributed by atoms with Crippen LogP contribution in [0.25, 0.3) is 11.1 Å². The Morgan fingerprint density at radius 2 is 1.67 bits per heavy atom. The molecule has 1 aliphatic rings. The Bertz CT molecular complexity index is 848. The van der Waals surface area contributed by atoms with Gasteiger partial charge in [-0.15, -0.1) is 0 Å².